The maximum absolute atomic E-state index is 13.5. The number of carbonyl (C=O) groups is 3. The van der Waals surface area contributed by atoms with E-state index in [0.29, 0.717) is 21.3 Å². The molecule has 2 aliphatic heterocycles. The van der Waals surface area contributed by atoms with Gasteiger partial charge in [0.1, 0.15) is 17.6 Å². The van der Waals surface area contributed by atoms with Crippen LogP contribution in [0.25, 0.3) is 10.8 Å². The van der Waals surface area contributed by atoms with Gasteiger partial charge in [0, 0.05) is 21.4 Å². The topological polar surface area (TPSA) is 88.5 Å². The quantitative estimate of drug-likeness (QED) is 0.372. The summed E-state index contributed by atoms with van der Waals surface area (Å²) in [6.45, 7) is 3.47. The molecule has 6 rings (SSSR count). The van der Waals surface area contributed by atoms with Crippen LogP contribution in [0, 0.1) is 11.7 Å². The molecule has 2 atom stereocenters. The standard InChI is InChI=1S/C28H22FN3O4S2/c1-28(2)21-22(25(35)32(24(21)34)17-12-10-16(29)11-13-17)37-26-23(28)38-27(36)31(26)14-20(33)30-19-9-5-7-15-6-3-4-8-18(15)19/h3-13,21-22H,14H2,1-2H3,(H,30,33)/t21-,22+/m1/s1. The van der Waals surface area contributed by atoms with Crippen LogP contribution in [-0.4, -0.2) is 27.5 Å². The van der Waals surface area contributed by atoms with Crippen LogP contribution < -0.4 is 15.1 Å². The van der Waals surface area contributed by atoms with Gasteiger partial charge < -0.3 is 5.32 Å². The Bertz CT molecular complexity index is 1690. The minimum Gasteiger partial charge on any atom is -0.324 e. The second-order valence-electron chi connectivity index (χ2n) is 9.89. The van der Waals surface area contributed by atoms with E-state index in [0.717, 1.165) is 38.8 Å². The first-order chi connectivity index (χ1) is 18.2. The van der Waals surface area contributed by atoms with Crippen molar-refractivity contribution >= 4 is 63.0 Å². The van der Waals surface area contributed by atoms with Gasteiger partial charge in [0.15, 0.2) is 0 Å². The summed E-state index contributed by atoms with van der Waals surface area (Å²) in [4.78, 5) is 54.6. The van der Waals surface area contributed by atoms with Gasteiger partial charge in [0.05, 0.1) is 16.6 Å². The highest BCUT2D eigenvalue weighted by atomic mass is 32.2. The lowest BCUT2D eigenvalue weighted by molar-refractivity contribution is -0.123. The van der Waals surface area contributed by atoms with Crippen LogP contribution in [0.1, 0.15) is 18.7 Å². The highest BCUT2D eigenvalue weighted by molar-refractivity contribution is 8.00. The molecule has 0 aliphatic carbocycles. The maximum atomic E-state index is 13.5. The molecule has 2 aliphatic rings. The zero-order valence-electron chi connectivity index (χ0n) is 20.4. The van der Waals surface area contributed by atoms with Crippen LogP contribution in [0.2, 0.25) is 0 Å². The van der Waals surface area contributed by atoms with Crippen molar-refractivity contribution in [2.75, 3.05) is 10.2 Å². The minimum atomic E-state index is -0.825. The van der Waals surface area contributed by atoms with Crippen LogP contribution in [0.15, 0.2) is 76.6 Å². The Kier molecular flexibility index (Phi) is 5.77. The first-order valence-electron chi connectivity index (χ1n) is 12.0. The summed E-state index contributed by atoms with van der Waals surface area (Å²) in [6, 6.07) is 18.5. The number of nitrogens with one attached hydrogen (secondary N) is 1. The number of aromatic nitrogens is 1. The molecular formula is C28H22FN3O4S2. The molecule has 1 N–H and O–H groups in total. The van der Waals surface area contributed by atoms with Gasteiger partial charge in [0.2, 0.25) is 17.7 Å². The number of thiazole rings is 1. The summed E-state index contributed by atoms with van der Waals surface area (Å²) >= 11 is 2.15. The summed E-state index contributed by atoms with van der Waals surface area (Å²) < 4.78 is 14.9. The molecule has 3 heterocycles. The SMILES string of the molecule is CC1(C)c2sc(=O)n(CC(=O)Nc3cccc4ccccc34)c2S[C@@H]2C(=O)N(c3ccc(F)cc3)C(=O)[C@@H]21. The zero-order valence-corrected chi connectivity index (χ0v) is 22.1. The summed E-state index contributed by atoms with van der Waals surface area (Å²) in [7, 11) is 0. The average Bonchev–Trinajstić information content (AvgIpc) is 3.34. The Morgan fingerprint density at radius 1 is 0.974 bits per heavy atom. The van der Waals surface area contributed by atoms with E-state index in [4.69, 9.17) is 0 Å². The predicted octanol–water partition coefficient (Wildman–Crippen LogP) is 4.78. The monoisotopic (exact) mass is 547 g/mol. The molecule has 0 unspecified atom stereocenters. The fraction of sp³-hybridized carbons (Fsp3) is 0.214. The Balaban J connectivity index is 1.32. The average molecular weight is 548 g/mol. The first-order valence-corrected chi connectivity index (χ1v) is 13.7. The lowest BCUT2D eigenvalue weighted by Crippen LogP contribution is -2.41. The molecular weight excluding hydrogens is 525 g/mol. The number of rotatable bonds is 4. The Morgan fingerprint density at radius 2 is 1.68 bits per heavy atom. The van der Waals surface area contributed by atoms with Gasteiger partial charge in [0.25, 0.3) is 0 Å². The van der Waals surface area contributed by atoms with Gasteiger partial charge in [-0.05, 0) is 35.7 Å². The van der Waals surface area contributed by atoms with Gasteiger partial charge in [-0.15, -0.1) is 0 Å². The molecule has 0 bridgehead atoms. The fourth-order valence-corrected chi connectivity index (χ4v) is 8.32. The molecule has 3 aromatic carbocycles. The van der Waals surface area contributed by atoms with Gasteiger partial charge in [-0.25, -0.2) is 9.29 Å². The normalized spacial score (nSPS) is 19.9. The summed E-state index contributed by atoms with van der Waals surface area (Å²) in [5, 5.41) is 4.54. The van der Waals surface area contributed by atoms with Crippen molar-refractivity contribution in [3.8, 4) is 0 Å². The third-order valence-electron chi connectivity index (χ3n) is 7.15. The molecule has 192 valence electrons. The smallest absolute Gasteiger partial charge is 0.308 e. The first kappa shape index (κ1) is 24.6. The van der Waals surface area contributed by atoms with Crippen molar-refractivity contribution in [2.24, 2.45) is 5.92 Å². The molecule has 1 aromatic heterocycles. The van der Waals surface area contributed by atoms with Crippen LogP contribution in [0.4, 0.5) is 15.8 Å². The molecule has 10 heteroatoms. The molecule has 7 nitrogen and oxygen atoms in total. The van der Waals surface area contributed by atoms with Crippen molar-refractivity contribution in [1.82, 2.24) is 4.57 Å². The van der Waals surface area contributed by atoms with E-state index in [1.165, 1.54) is 28.8 Å². The molecule has 3 amide bonds. The van der Waals surface area contributed by atoms with Crippen molar-refractivity contribution in [1.29, 1.82) is 0 Å². The summed E-state index contributed by atoms with van der Waals surface area (Å²) in [5.41, 5.74) is 0.126. The van der Waals surface area contributed by atoms with E-state index in [1.807, 2.05) is 50.2 Å². The third kappa shape index (κ3) is 3.78. The number of nitrogens with zero attached hydrogens (tertiary/aromatic N) is 2. The number of carbonyl (C=O) groups excluding carboxylic acids is 3. The Morgan fingerprint density at radius 3 is 2.45 bits per heavy atom. The van der Waals surface area contributed by atoms with E-state index < -0.39 is 28.3 Å². The summed E-state index contributed by atoms with van der Waals surface area (Å²) in [6.07, 6.45) is 0. The largest absolute Gasteiger partial charge is 0.324 e. The van der Waals surface area contributed by atoms with Gasteiger partial charge in [-0.3, -0.25) is 23.7 Å². The summed E-state index contributed by atoms with van der Waals surface area (Å²) in [5.74, 6) is -2.33. The van der Waals surface area contributed by atoms with Crippen molar-refractivity contribution in [2.45, 2.75) is 36.1 Å². The van der Waals surface area contributed by atoms with Crippen LogP contribution in [-0.2, 0) is 26.3 Å². The molecule has 1 fully saturated rings. The second-order valence-corrected chi connectivity index (χ2v) is 12.0. The van der Waals surface area contributed by atoms with Crippen LogP contribution in [0.3, 0.4) is 0 Å². The number of halogens is 1. The highest BCUT2D eigenvalue weighted by Crippen LogP contribution is 2.54. The zero-order chi connectivity index (χ0) is 26.8. The minimum absolute atomic E-state index is 0.224. The molecule has 4 aromatic rings. The number of imide groups is 1. The molecule has 0 radical (unpaired) electrons. The van der Waals surface area contributed by atoms with E-state index in [-0.39, 0.29) is 23.2 Å². The Hall–Kier alpha value is -3.76. The molecule has 0 saturated carbocycles. The van der Waals surface area contributed by atoms with Crippen molar-refractivity contribution in [3.63, 3.8) is 0 Å². The lowest BCUT2D eigenvalue weighted by atomic mass is 9.76. The number of anilines is 2. The highest BCUT2D eigenvalue weighted by Gasteiger charge is 2.59. The van der Waals surface area contributed by atoms with Gasteiger partial charge in [-0.1, -0.05) is 73.3 Å². The maximum Gasteiger partial charge on any atom is 0.308 e. The molecule has 1 saturated heterocycles. The number of thioether (sulfide) groups is 1. The van der Waals surface area contributed by atoms with E-state index in [2.05, 4.69) is 5.32 Å². The second kappa shape index (κ2) is 8.92. The van der Waals surface area contributed by atoms with Crippen LogP contribution >= 0.6 is 23.1 Å². The fourth-order valence-electron chi connectivity index (χ4n) is 5.28. The number of hydrogen-bond donors (Lipinski definition) is 1. The van der Waals surface area contributed by atoms with E-state index in [9.17, 15) is 23.6 Å². The Labute approximate surface area is 225 Å². The number of benzene rings is 3. The number of hydrogen-bond acceptors (Lipinski definition) is 6. The van der Waals surface area contributed by atoms with Gasteiger partial charge in [-0.2, -0.15) is 0 Å². The lowest BCUT2D eigenvalue weighted by Gasteiger charge is -2.36. The van der Waals surface area contributed by atoms with E-state index >= 15 is 0 Å². The molecule has 0 spiro atoms. The predicted molar refractivity (Wildman–Crippen MR) is 146 cm³/mol. The van der Waals surface area contributed by atoms with Gasteiger partial charge >= 0.3 is 4.87 Å². The number of fused-ring (bicyclic) bond motifs is 3. The third-order valence-corrected chi connectivity index (χ3v) is 9.98. The molecule has 38 heavy (non-hydrogen) atoms. The number of amides is 3. The van der Waals surface area contributed by atoms with Crippen molar-refractivity contribution in [3.05, 3.63) is 87.1 Å². The van der Waals surface area contributed by atoms with Crippen LogP contribution in [0.5, 0.6) is 0 Å². The van der Waals surface area contributed by atoms with E-state index in [1.54, 1.807) is 6.07 Å². The van der Waals surface area contributed by atoms with Crippen molar-refractivity contribution < 1.29 is 18.8 Å².